The van der Waals surface area contributed by atoms with Crippen molar-refractivity contribution < 1.29 is 14.7 Å². The summed E-state index contributed by atoms with van der Waals surface area (Å²) in [6.07, 6.45) is 0.866. The van der Waals surface area contributed by atoms with Crippen LogP contribution in [0.5, 0.6) is 0 Å². The van der Waals surface area contributed by atoms with Crippen LogP contribution >= 0.6 is 22.9 Å². The van der Waals surface area contributed by atoms with Gasteiger partial charge in [0.2, 0.25) is 0 Å². The van der Waals surface area contributed by atoms with E-state index in [9.17, 15) is 9.59 Å². The molecule has 0 bridgehead atoms. The molecule has 2 aromatic rings. The van der Waals surface area contributed by atoms with Gasteiger partial charge < -0.3 is 10.4 Å². The summed E-state index contributed by atoms with van der Waals surface area (Å²) in [6.45, 7) is 4.00. The number of nitrogens with one attached hydrogen (secondary N) is 1. The van der Waals surface area contributed by atoms with Gasteiger partial charge >= 0.3 is 5.97 Å². The van der Waals surface area contributed by atoms with E-state index in [0.29, 0.717) is 15.6 Å². The van der Waals surface area contributed by atoms with Gasteiger partial charge in [0.25, 0.3) is 5.91 Å². The topological polar surface area (TPSA) is 66.4 Å². The number of carbonyl (C=O) groups excluding carboxylic acids is 1. The number of carbonyl (C=O) groups is 2. The zero-order valence-corrected chi connectivity index (χ0v) is 13.1. The molecule has 0 aliphatic heterocycles. The van der Waals surface area contributed by atoms with Crippen LogP contribution in [0, 0.1) is 6.92 Å². The molecule has 0 radical (unpaired) electrons. The quantitative estimate of drug-likeness (QED) is 0.885. The SMILES string of the molecule is CCc1cc(C(=O)Nc2cc(C(=O)O)ccc2Cl)sc1C. The van der Waals surface area contributed by atoms with Gasteiger partial charge in [-0.1, -0.05) is 18.5 Å². The molecule has 2 N–H and O–H groups in total. The van der Waals surface area contributed by atoms with Crippen LogP contribution in [0.4, 0.5) is 5.69 Å². The van der Waals surface area contributed by atoms with Crippen LogP contribution in [-0.2, 0) is 6.42 Å². The summed E-state index contributed by atoms with van der Waals surface area (Å²) in [4.78, 5) is 24.9. The number of halogens is 1. The van der Waals surface area contributed by atoms with E-state index in [1.807, 2.05) is 19.9 Å². The van der Waals surface area contributed by atoms with Gasteiger partial charge in [-0.3, -0.25) is 4.79 Å². The summed E-state index contributed by atoms with van der Waals surface area (Å²) >= 11 is 7.40. The molecule has 0 unspecified atom stereocenters. The molecule has 1 amide bonds. The van der Waals surface area contributed by atoms with Crippen molar-refractivity contribution in [1.29, 1.82) is 0 Å². The summed E-state index contributed by atoms with van der Waals surface area (Å²) in [5.41, 5.74) is 1.51. The average Bonchev–Trinajstić information content (AvgIpc) is 2.82. The van der Waals surface area contributed by atoms with E-state index in [1.54, 1.807) is 0 Å². The molecule has 4 nitrogen and oxygen atoms in total. The second-order valence-corrected chi connectivity index (χ2v) is 6.16. The van der Waals surface area contributed by atoms with Crippen LogP contribution in [0.3, 0.4) is 0 Å². The first-order chi connectivity index (χ1) is 9.92. The second kappa shape index (κ2) is 6.28. The van der Waals surface area contributed by atoms with Crippen LogP contribution in [-0.4, -0.2) is 17.0 Å². The number of thiophene rings is 1. The number of carboxylic acids is 1. The van der Waals surface area contributed by atoms with Crippen LogP contribution < -0.4 is 5.32 Å². The van der Waals surface area contributed by atoms with Gasteiger partial charge in [0, 0.05) is 4.88 Å². The highest BCUT2D eigenvalue weighted by atomic mass is 35.5. The van der Waals surface area contributed by atoms with E-state index in [-0.39, 0.29) is 11.5 Å². The number of hydrogen-bond acceptors (Lipinski definition) is 3. The van der Waals surface area contributed by atoms with Crippen LogP contribution in [0.2, 0.25) is 5.02 Å². The van der Waals surface area contributed by atoms with E-state index in [1.165, 1.54) is 29.5 Å². The normalized spacial score (nSPS) is 10.4. The van der Waals surface area contributed by atoms with E-state index >= 15 is 0 Å². The van der Waals surface area contributed by atoms with Gasteiger partial charge in [-0.15, -0.1) is 11.3 Å². The Bertz CT molecular complexity index is 709. The summed E-state index contributed by atoms with van der Waals surface area (Å²) in [5.74, 6) is -1.35. The molecule has 1 aromatic heterocycles. The van der Waals surface area contributed by atoms with E-state index in [2.05, 4.69) is 5.32 Å². The maximum absolute atomic E-state index is 12.2. The predicted octanol–water partition coefficient (Wildman–Crippen LogP) is 4.22. The minimum atomic E-state index is -1.07. The highest BCUT2D eigenvalue weighted by Crippen LogP contribution is 2.26. The van der Waals surface area contributed by atoms with Gasteiger partial charge in [-0.25, -0.2) is 4.79 Å². The van der Waals surface area contributed by atoms with Crippen LogP contribution in [0.25, 0.3) is 0 Å². The molecule has 0 aliphatic carbocycles. The number of amides is 1. The second-order valence-electron chi connectivity index (χ2n) is 4.50. The van der Waals surface area contributed by atoms with Crippen molar-refractivity contribution in [2.75, 3.05) is 5.32 Å². The smallest absolute Gasteiger partial charge is 0.335 e. The van der Waals surface area contributed by atoms with Gasteiger partial charge in [-0.05, 0) is 43.2 Å². The van der Waals surface area contributed by atoms with Gasteiger partial charge in [-0.2, -0.15) is 0 Å². The maximum atomic E-state index is 12.2. The van der Waals surface area contributed by atoms with Crippen molar-refractivity contribution in [2.24, 2.45) is 0 Å². The standard InChI is InChI=1S/C15H14ClNO3S/c1-3-9-7-13(21-8(9)2)14(18)17-12-6-10(15(19)20)4-5-11(12)16/h4-7H,3H2,1-2H3,(H,17,18)(H,19,20). The Morgan fingerprint density at radius 1 is 1.33 bits per heavy atom. The lowest BCUT2D eigenvalue weighted by Gasteiger charge is -2.07. The van der Waals surface area contributed by atoms with Gasteiger partial charge in [0.15, 0.2) is 0 Å². The number of benzene rings is 1. The van der Waals surface area contributed by atoms with Crippen molar-refractivity contribution in [1.82, 2.24) is 0 Å². The average molecular weight is 324 g/mol. The fourth-order valence-electron chi connectivity index (χ4n) is 1.92. The molecule has 2 rings (SSSR count). The summed E-state index contributed by atoms with van der Waals surface area (Å²) in [5, 5.41) is 11.9. The first-order valence-electron chi connectivity index (χ1n) is 6.36. The summed E-state index contributed by atoms with van der Waals surface area (Å²) < 4.78 is 0. The molecular weight excluding hydrogens is 310 g/mol. The molecule has 0 saturated heterocycles. The minimum Gasteiger partial charge on any atom is -0.478 e. The van der Waals surface area contributed by atoms with Gasteiger partial charge in [0.05, 0.1) is 21.2 Å². The molecule has 21 heavy (non-hydrogen) atoms. The highest BCUT2D eigenvalue weighted by molar-refractivity contribution is 7.14. The van der Waals surface area contributed by atoms with E-state index < -0.39 is 5.97 Å². The molecule has 0 aliphatic rings. The first-order valence-corrected chi connectivity index (χ1v) is 7.55. The Kier molecular flexibility index (Phi) is 4.65. The third-order valence-electron chi connectivity index (χ3n) is 3.09. The van der Waals surface area contributed by atoms with E-state index in [4.69, 9.17) is 16.7 Å². The fourth-order valence-corrected chi connectivity index (χ4v) is 3.09. The zero-order valence-electron chi connectivity index (χ0n) is 11.6. The lowest BCUT2D eigenvalue weighted by molar-refractivity contribution is 0.0696. The third-order valence-corrected chi connectivity index (χ3v) is 4.51. The summed E-state index contributed by atoms with van der Waals surface area (Å²) in [6, 6.07) is 6.05. The molecule has 0 saturated carbocycles. The molecule has 6 heteroatoms. The van der Waals surface area contributed by atoms with Crippen molar-refractivity contribution in [3.8, 4) is 0 Å². The van der Waals surface area contributed by atoms with E-state index in [0.717, 1.165) is 16.9 Å². The summed E-state index contributed by atoms with van der Waals surface area (Å²) in [7, 11) is 0. The van der Waals surface area contributed by atoms with Gasteiger partial charge in [0.1, 0.15) is 0 Å². The number of anilines is 1. The molecule has 1 heterocycles. The first kappa shape index (κ1) is 15.5. The Hall–Kier alpha value is -1.85. The lowest BCUT2D eigenvalue weighted by atomic mass is 10.2. The van der Waals surface area contributed by atoms with Crippen LogP contribution in [0.1, 0.15) is 37.4 Å². The largest absolute Gasteiger partial charge is 0.478 e. The highest BCUT2D eigenvalue weighted by Gasteiger charge is 2.14. The molecule has 110 valence electrons. The maximum Gasteiger partial charge on any atom is 0.335 e. The number of carboxylic acid groups (broad SMARTS) is 1. The molecule has 0 fully saturated rings. The van der Waals surface area contributed by atoms with Crippen molar-refractivity contribution in [2.45, 2.75) is 20.3 Å². The monoisotopic (exact) mass is 323 g/mol. The van der Waals surface area contributed by atoms with Crippen molar-refractivity contribution in [3.63, 3.8) is 0 Å². The zero-order chi connectivity index (χ0) is 15.6. The number of rotatable bonds is 4. The Balaban J connectivity index is 2.26. The third kappa shape index (κ3) is 3.43. The minimum absolute atomic E-state index is 0.0753. The van der Waals surface area contributed by atoms with Crippen LogP contribution in [0.15, 0.2) is 24.3 Å². The Morgan fingerprint density at radius 3 is 2.62 bits per heavy atom. The number of aromatic carboxylic acids is 1. The predicted molar refractivity (Wildman–Crippen MR) is 84.8 cm³/mol. The fraction of sp³-hybridized carbons (Fsp3) is 0.200. The number of hydrogen-bond donors (Lipinski definition) is 2. The Labute approximate surface area is 131 Å². The molecule has 0 spiro atoms. The Morgan fingerprint density at radius 2 is 2.05 bits per heavy atom. The molecular formula is C15H14ClNO3S. The lowest BCUT2D eigenvalue weighted by Crippen LogP contribution is -2.11. The molecule has 0 atom stereocenters. The van der Waals surface area contributed by atoms with Crippen molar-refractivity contribution >= 4 is 40.5 Å². The number of aryl methyl sites for hydroxylation is 2. The van der Waals surface area contributed by atoms with Crippen molar-refractivity contribution in [3.05, 3.63) is 50.2 Å². The molecule has 1 aromatic carbocycles.